The van der Waals surface area contributed by atoms with Crippen LogP contribution in [0.2, 0.25) is 5.02 Å². The summed E-state index contributed by atoms with van der Waals surface area (Å²) in [6, 6.07) is 4.86. The number of aromatic nitrogens is 1. The molecule has 1 aromatic heterocycles. The Kier molecular flexibility index (Phi) is 5.38. The van der Waals surface area contributed by atoms with Crippen molar-refractivity contribution in [3.8, 4) is 5.75 Å². The summed E-state index contributed by atoms with van der Waals surface area (Å²) in [6.07, 6.45) is 0. The number of hydrogen-bond acceptors (Lipinski definition) is 6. The van der Waals surface area contributed by atoms with Crippen molar-refractivity contribution in [3.05, 3.63) is 39.9 Å². The van der Waals surface area contributed by atoms with Crippen LogP contribution in [0.15, 0.2) is 23.6 Å². The number of hydrogen-bond donors (Lipinski definition) is 3. The number of amides is 1. The third-order valence-electron chi connectivity index (χ3n) is 2.56. The normalized spacial score (nSPS) is 10.4. The molecule has 1 aromatic carbocycles. The van der Waals surface area contributed by atoms with Crippen molar-refractivity contribution in [1.29, 1.82) is 0 Å². The van der Waals surface area contributed by atoms with E-state index in [1.807, 2.05) is 0 Å². The zero-order chi connectivity index (χ0) is 15.2. The number of nitrogens with two attached hydrogens (primary N) is 2. The zero-order valence-corrected chi connectivity index (χ0v) is 12.7. The first-order valence-corrected chi connectivity index (χ1v) is 7.46. The second-order valence-electron chi connectivity index (χ2n) is 4.14. The highest BCUT2D eigenvalue weighted by Crippen LogP contribution is 2.23. The van der Waals surface area contributed by atoms with Crippen LogP contribution in [0.3, 0.4) is 0 Å². The number of nitrogens with one attached hydrogen (secondary N) is 1. The van der Waals surface area contributed by atoms with Crippen LogP contribution < -0.4 is 21.5 Å². The summed E-state index contributed by atoms with van der Waals surface area (Å²) in [6.45, 7) is 0.974. The van der Waals surface area contributed by atoms with Crippen molar-refractivity contribution in [3.63, 3.8) is 0 Å². The zero-order valence-electron chi connectivity index (χ0n) is 11.1. The monoisotopic (exact) mass is 326 g/mol. The molecule has 2 rings (SSSR count). The maximum absolute atomic E-state index is 12.2. The van der Waals surface area contributed by atoms with Gasteiger partial charge in [0.25, 0.3) is 5.91 Å². The second-order valence-corrected chi connectivity index (χ2v) is 5.46. The number of thiazole rings is 1. The van der Waals surface area contributed by atoms with E-state index in [-0.39, 0.29) is 12.5 Å². The summed E-state index contributed by atoms with van der Waals surface area (Å²) in [5.41, 5.74) is 12.0. The molecule has 0 aliphatic rings. The van der Waals surface area contributed by atoms with Crippen molar-refractivity contribution in [2.45, 2.75) is 6.54 Å². The van der Waals surface area contributed by atoms with Gasteiger partial charge in [0, 0.05) is 16.9 Å². The van der Waals surface area contributed by atoms with E-state index in [1.165, 1.54) is 11.3 Å². The summed E-state index contributed by atoms with van der Waals surface area (Å²) in [5.74, 6) is 0.149. The Balaban J connectivity index is 2.08. The lowest BCUT2D eigenvalue weighted by atomic mass is 10.2. The van der Waals surface area contributed by atoms with Crippen molar-refractivity contribution >= 4 is 34.0 Å². The SMILES string of the molecule is NCCOc1ccc(Cl)cc1C(=O)NCc1csc(N)n1. The number of carbonyl (C=O) groups is 1. The second kappa shape index (κ2) is 7.26. The molecule has 0 spiro atoms. The fraction of sp³-hybridized carbons (Fsp3) is 0.231. The highest BCUT2D eigenvalue weighted by Gasteiger charge is 2.13. The third-order valence-corrected chi connectivity index (χ3v) is 3.52. The van der Waals surface area contributed by atoms with Gasteiger partial charge in [-0.25, -0.2) is 4.98 Å². The Morgan fingerprint density at radius 3 is 2.95 bits per heavy atom. The van der Waals surface area contributed by atoms with Crippen LogP contribution in [0, 0.1) is 0 Å². The molecule has 1 amide bonds. The van der Waals surface area contributed by atoms with E-state index < -0.39 is 0 Å². The molecule has 0 aliphatic heterocycles. The quantitative estimate of drug-likeness (QED) is 0.749. The van der Waals surface area contributed by atoms with Crippen LogP contribution >= 0.6 is 22.9 Å². The summed E-state index contributed by atoms with van der Waals surface area (Å²) in [4.78, 5) is 16.3. The van der Waals surface area contributed by atoms with Crippen LogP contribution in [0.1, 0.15) is 16.1 Å². The molecule has 8 heteroatoms. The van der Waals surface area contributed by atoms with E-state index in [1.54, 1.807) is 23.6 Å². The predicted octanol–water partition coefficient (Wildman–Crippen LogP) is 1.65. The topological polar surface area (TPSA) is 103 Å². The average Bonchev–Trinajstić information content (AvgIpc) is 2.89. The molecule has 0 atom stereocenters. The van der Waals surface area contributed by atoms with Gasteiger partial charge in [0.15, 0.2) is 5.13 Å². The van der Waals surface area contributed by atoms with Gasteiger partial charge in [0.1, 0.15) is 12.4 Å². The Morgan fingerprint density at radius 2 is 2.29 bits per heavy atom. The predicted molar refractivity (Wildman–Crippen MR) is 83.7 cm³/mol. The molecule has 6 nitrogen and oxygen atoms in total. The molecule has 0 aliphatic carbocycles. The molecule has 5 N–H and O–H groups in total. The van der Waals surface area contributed by atoms with Crippen molar-refractivity contribution in [1.82, 2.24) is 10.3 Å². The lowest BCUT2D eigenvalue weighted by Gasteiger charge is -2.11. The van der Waals surface area contributed by atoms with E-state index in [2.05, 4.69) is 10.3 Å². The number of nitrogen functional groups attached to an aromatic ring is 1. The van der Waals surface area contributed by atoms with E-state index in [9.17, 15) is 4.79 Å². The number of rotatable bonds is 6. The average molecular weight is 327 g/mol. The van der Waals surface area contributed by atoms with Gasteiger partial charge in [-0.1, -0.05) is 11.6 Å². The Hall–Kier alpha value is -1.83. The molecule has 0 bridgehead atoms. The van der Waals surface area contributed by atoms with Crippen molar-refractivity contribution in [2.24, 2.45) is 5.73 Å². The molecule has 0 fully saturated rings. The van der Waals surface area contributed by atoms with Crippen molar-refractivity contribution < 1.29 is 9.53 Å². The maximum Gasteiger partial charge on any atom is 0.255 e. The number of nitrogens with zero attached hydrogens (tertiary/aromatic N) is 1. The number of carbonyl (C=O) groups excluding carboxylic acids is 1. The molecular weight excluding hydrogens is 312 g/mol. The number of ether oxygens (including phenoxy) is 1. The van der Waals surface area contributed by atoms with Gasteiger partial charge in [0.05, 0.1) is 17.8 Å². The van der Waals surface area contributed by atoms with Gasteiger partial charge in [-0.3, -0.25) is 4.79 Å². The van der Waals surface area contributed by atoms with Crippen LogP contribution in [0.5, 0.6) is 5.75 Å². The van der Waals surface area contributed by atoms with E-state index in [4.69, 9.17) is 27.8 Å². The Morgan fingerprint density at radius 1 is 1.48 bits per heavy atom. The molecular formula is C13H15ClN4O2S. The minimum Gasteiger partial charge on any atom is -0.491 e. The Labute approximate surface area is 131 Å². The molecule has 0 saturated carbocycles. The molecule has 21 heavy (non-hydrogen) atoms. The van der Waals surface area contributed by atoms with Crippen LogP contribution in [-0.4, -0.2) is 24.0 Å². The van der Waals surface area contributed by atoms with Gasteiger partial charge in [-0.15, -0.1) is 11.3 Å². The van der Waals surface area contributed by atoms with Crippen molar-refractivity contribution in [2.75, 3.05) is 18.9 Å². The van der Waals surface area contributed by atoms with Gasteiger partial charge in [-0.2, -0.15) is 0 Å². The number of anilines is 1. The minimum atomic E-state index is -0.295. The standard InChI is InChI=1S/C13H15ClN4O2S/c14-8-1-2-11(20-4-3-15)10(5-8)12(19)17-6-9-7-21-13(16)18-9/h1-2,5,7H,3-4,6,15H2,(H2,16,18)(H,17,19). The lowest BCUT2D eigenvalue weighted by Crippen LogP contribution is -2.24. The number of halogens is 1. The summed E-state index contributed by atoms with van der Waals surface area (Å²) in [7, 11) is 0. The molecule has 2 aromatic rings. The van der Waals surface area contributed by atoms with Crippen LogP contribution in [0.25, 0.3) is 0 Å². The highest BCUT2D eigenvalue weighted by atomic mass is 35.5. The third kappa shape index (κ3) is 4.32. The Bertz CT molecular complexity index is 632. The maximum atomic E-state index is 12.2. The van der Waals surface area contributed by atoms with Gasteiger partial charge >= 0.3 is 0 Å². The fourth-order valence-electron chi connectivity index (χ4n) is 1.64. The molecule has 0 saturated heterocycles. The van der Waals surface area contributed by atoms with Gasteiger partial charge < -0.3 is 21.5 Å². The smallest absolute Gasteiger partial charge is 0.255 e. The van der Waals surface area contributed by atoms with E-state index in [0.717, 1.165) is 0 Å². The lowest BCUT2D eigenvalue weighted by molar-refractivity contribution is 0.0946. The highest BCUT2D eigenvalue weighted by molar-refractivity contribution is 7.13. The first-order valence-electron chi connectivity index (χ1n) is 6.20. The largest absolute Gasteiger partial charge is 0.491 e. The first kappa shape index (κ1) is 15.6. The van der Waals surface area contributed by atoms with Crippen LogP contribution in [-0.2, 0) is 6.54 Å². The van der Waals surface area contributed by atoms with E-state index >= 15 is 0 Å². The molecule has 1 heterocycles. The summed E-state index contributed by atoms with van der Waals surface area (Å²) >= 11 is 7.25. The summed E-state index contributed by atoms with van der Waals surface area (Å²) < 4.78 is 5.44. The molecule has 0 unspecified atom stereocenters. The van der Waals surface area contributed by atoms with E-state index in [0.29, 0.717) is 40.3 Å². The van der Waals surface area contributed by atoms with Gasteiger partial charge in [-0.05, 0) is 18.2 Å². The minimum absolute atomic E-state index is 0.287. The van der Waals surface area contributed by atoms with Crippen LogP contribution in [0.4, 0.5) is 5.13 Å². The molecule has 112 valence electrons. The number of benzene rings is 1. The first-order chi connectivity index (χ1) is 10.1. The summed E-state index contributed by atoms with van der Waals surface area (Å²) in [5, 5.41) is 5.47. The molecule has 0 radical (unpaired) electrons. The fourth-order valence-corrected chi connectivity index (χ4v) is 2.38. The van der Waals surface area contributed by atoms with Gasteiger partial charge in [0.2, 0.25) is 0 Å².